The maximum Gasteiger partial charge on any atom is 0.321 e. The zero-order valence-corrected chi connectivity index (χ0v) is 11.9. The van der Waals surface area contributed by atoms with Crippen molar-refractivity contribution in [3.8, 4) is 0 Å². The predicted octanol–water partition coefficient (Wildman–Crippen LogP) is 2.81. The Morgan fingerprint density at radius 2 is 1.95 bits per heavy atom. The Morgan fingerprint density at radius 1 is 1.25 bits per heavy atom. The van der Waals surface area contributed by atoms with Crippen LogP contribution in [0.4, 0.5) is 10.5 Å². The molecule has 106 valence electrons. The Hall–Kier alpha value is -2.30. The fraction of sp³-hybridized carbons (Fsp3) is 0.333. The molecule has 2 rings (SSSR count). The molecule has 1 N–H and O–H groups in total. The van der Waals surface area contributed by atoms with Crippen molar-refractivity contribution in [2.24, 2.45) is 0 Å². The van der Waals surface area contributed by atoms with Gasteiger partial charge in [-0.15, -0.1) is 0 Å². The lowest BCUT2D eigenvalue weighted by molar-refractivity contribution is 0.217. The van der Waals surface area contributed by atoms with Crippen molar-refractivity contribution < 1.29 is 4.79 Å². The minimum atomic E-state index is -0.0603. The molecule has 1 aromatic heterocycles. The third-order valence-corrected chi connectivity index (χ3v) is 3.16. The summed E-state index contributed by atoms with van der Waals surface area (Å²) in [6.07, 6.45) is 3.69. The second-order valence-electron chi connectivity index (χ2n) is 4.50. The molecule has 0 fully saturated rings. The molecular formula is C15H20N4O. The lowest BCUT2D eigenvalue weighted by Gasteiger charge is -2.19. The highest BCUT2D eigenvalue weighted by Crippen LogP contribution is 2.11. The van der Waals surface area contributed by atoms with E-state index in [2.05, 4.69) is 10.4 Å². The molecule has 0 spiro atoms. The average Bonchev–Trinajstić information content (AvgIpc) is 2.95. The van der Waals surface area contributed by atoms with E-state index < -0.39 is 0 Å². The van der Waals surface area contributed by atoms with Gasteiger partial charge in [0.15, 0.2) is 0 Å². The van der Waals surface area contributed by atoms with Crippen molar-refractivity contribution in [3.05, 3.63) is 48.3 Å². The smallest absolute Gasteiger partial charge is 0.321 e. The summed E-state index contributed by atoms with van der Waals surface area (Å²) in [6, 6.07) is 9.67. The Kier molecular flexibility index (Phi) is 4.76. The number of carbonyl (C=O) groups is 1. The van der Waals surface area contributed by atoms with Gasteiger partial charge in [-0.05, 0) is 37.6 Å². The third kappa shape index (κ3) is 3.60. The first kappa shape index (κ1) is 14.1. The molecule has 0 bridgehead atoms. The molecule has 2 amide bonds. The highest BCUT2D eigenvalue weighted by molar-refractivity contribution is 5.89. The Morgan fingerprint density at radius 3 is 2.50 bits per heavy atom. The number of benzene rings is 1. The number of hydrogen-bond acceptors (Lipinski definition) is 2. The second kappa shape index (κ2) is 6.75. The van der Waals surface area contributed by atoms with Crippen LogP contribution in [0.3, 0.4) is 0 Å². The number of nitrogens with zero attached hydrogens (tertiary/aromatic N) is 3. The first-order chi connectivity index (χ1) is 9.72. The van der Waals surface area contributed by atoms with Crippen LogP contribution in [0.2, 0.25) is 0 Å². The van der Waals surface area contributed by atoms with Crippen LogP contribution in [0.25, 0.3) is 0 Å². The summed E-state index contributed by atoms with van der Waals surface area (Å²) >= 11 is 0. The van der Waals surface area contributed by atoms with Gasteiger partial charge in [-0.1, -0.05) is 12.1 Å². The number of anilines is 1. The Bertz CT molecular complexity index is 530. The molecule has 0 aliphatic rings. The number of urea groups is 1. The van der Waals surface area contributed by atoms with Gasteiger partial charge in [0.05, 0.1) is 6.54 Å². The Balaban J connectivity index is 1.96. The molecule has 0 aliphatic heterocycles. The Labute approximate surface area is 119 Å². The van der Waals surface area contributed by atoms with Gasteiger partial charge in [0.2, 0.25) is 0 Å². The second-order valence-corrected chi connectivity index (χ2v) is 4.50. The number of rotatable bonds is 5. The van der Waals surface area contributed by atoms with E-state index in [1.807, 2.05) is 55.1 Å². The number of amides is 2. The molecule has 0 aliphatic carbocycles. The van der Waals surface area contributed by atoms with E-state index in [1.165, 1.54) is 0 Å². The summed E-state index contributed by atoms with van der Waals surface area (Å²) in [4.78, 5) is 13.7. The fourth-order valence-electron chi connectivity index (χ4n) is 1.99. The largest absolute Gasteiger partial charge is 0.325 e. The van der Waals surface area contributed by atoms with Gasteiger partial charge < -0.3 is 10.2 Å². The molecule has 0 unspecified atom stereocenters. The fourth-order valence-corrected chi connectivity index (χ4v) is 1.99. The predicted molar refractivity (Wildman–Crippen MR) is 79.7 cm³/mol. The van der Waals surface area contributed by atoms with E-state index in [0.717, 1.165) is 17.8 Å². The lowest BCUT2D eigenvalue weighted by Crippen LogP contribution is -2.34. The van der Waals surface area contributed by atoms with Crippen molar-refractivity contribution in [2.45, 2.75) is 20.4 Å². The molecule has 20 heavy (non-hydrogen) atoms. The molecule has 0 atom stereocenters. The van der Waals surface area contributed by atoms with E-state index in [1.54, 1.807) is 11.1 Å². The minimum Gasteiger partial charge on any atom is -0.325 e. The summed E-state index contributed by atoms with van der Waals surface area (Å²) in [6.45, 7) is 6.09. The van der Waals surface area contributed by atoms with Crippen molar-refractivity contribution in [1.82, 2.24) is 14.7 Å². The molecule has 1 aromatic carbocycles. The molecule has 5 nitrogen and oxygen atoms in total. The highest BCUT2D eigenvalue weighted by atomic mass is 16.2. The average molecular weight is 272 g/mol. The normalized spacial score (nSPS) is 10.3. The summed E-state index contributed by atoms with van der Waals surface area (Å²) in [5.74, 6) is 0. The van der Waals surface area contributed by atoms with Gasteiger partial charge in [0, 0.05) is 31.2 Å². The standard InChI is InChI=1S/C15H20N4O/c1-3-18(4-2)15(20)17-14-8-6-13(7-9-14)12-19-11-5-10-16-19/h5-11H,3-4,12H2,1-2H3,(H,17,20). The topological polar surface area (TPSA) is 50.2 Å². The number of nitrogens with one attached hydrogen (secondary N) is 1. The van der Waals surface area contributed by atoms with Crippen LogP contribution < -0.4 is 5.32 Å². The van der Waals surface area contributed by atoms with Crippen molar-refractivity contribution in [3.63, 3.8) is 0 Å². The molecule has 0 saturated carbocycles. The molecular weight excluding hydrogens is 252 g/mol. The monoisotopic (exact) mass is 272 g/mol. The van der Waals surface area contributed by atoms with Crippen molar-refractivity contribution in [2.75, 3.05) is 18.4 Å². The highest BCUT2D eigenvalue weighted by Gasteiger charge is 2.08. The van der Waals surface area contributed by atoms with E-state index in [4.69, 9.17) is 0 Å². The summed E-state index contributed by atoms with van der Waals surface area (Å²) in [5.41, 5.74) is 1.96. The van der Waals surface area contributed by atoms with Crippen LogP contribution in [0.5, 0.6) is 0 Å². The quantitative estimate of drug-likeness (QED) is 0.910. The van der Waals surface area contributed by atoms with Gasteiger partial charge in [0.1, 0.15) is 0 Å². The summed E-state index contributed by atoms with van der Waals surface area (Å²) in [7, 11) is 0. The van der Waals surface area contributed by atoms with Crippen molar-refractivity contribution in [1.29, 1.82) is 0 Å². The summed E-state index contributed by atoms with van der Waals surface area (Å²) in [5, 5.41) is 7.06. The van der Waals surface area contributed by atoms with Gasteiger partial charge in [-0.2, -0.15) is 5.10 Å². The first-order valence-corrected chi connectivity index (χ1v) is 6.85. The van der Waals surface area contributed by atoms with E-state index >= 15 is 0 Å². The van der Waals surface area contributed by atoms with Crippen LogP contribution in [-0.4, -0.2) is 33.8 Å². The molecule has 5 heteroatoms. The number of aromatic nitrogens is 2. The number of carbonyl (C=O) groups excluding carboxylic acids is 1. The van der Waals surface area contributed by atoms with Crippen LogP contribution >= 0.6 is 0 Å². The minimum absolute atomic E-state index is 0.0603. The summed E-state index contributed by atoms with van der Waals surface area (Å²) < 4.78 is 1.86. The lowest BCUT2D eigenvalue weighted by atomic mass is 10.2. The number of hydrogen-bond donors (Lipinski definition) is 1. The zero-order chi connectivity index (χ0) is 14.4. The molecule has 0 saturated heterocycles. The first-order valence-electron chi connectivity index (χ1n) is 6.85. The molecule has 2 aromatic rings. The van der Waals surface area contributed by atoms with Crippen LogP contribution in [0.1, 0.15) is 19.4 Å². The van der Waals surface area contributed by atoms with E-state index in [-0.39, 0.29) is 6.03 Å². The van der Waals surface area contributed by atoms with E-state index in [9.17, 15) is 4.79 Å². The van der Waals surface area contributed by atoms with Gasteiger partial charge in [0.25, 0.3) is 0 Å². The maximum absolute atomic E-state index is 11.9. The van der Waals surface area contributed by atoms with Gasteiger partial charge in [-0.25, -0.2) is 4.79 Å². The SMILES string of the molecule is CCN(CC)C(=O)Nc1ccc(Cn2cccn2)cc1. The zero-order valence-electron chi connectivity index (χ0n) is 11.9. The third-order valence-electron chi connectivity index (χ3n) is 3.16. The van der Waals surface area contributed by atoms with Gasteiger partial charge >= 0.3 is 6.03 Å². The molecule has 0 radical (unpaired) electrons. The van der Waals surface area contributed by atoms with Crippen LogP contribution in [0, 0.1) is 0 Å². The van der Waals surface area contributed by atoms with Gasteiger partial charge in [-0.3, -0.25) is 4.68 Å². The van der Waals surface area contributed by atoms with Crippen LogP contribution in [-0.2, 0) is 6.54 Å². The van der Waals surface area contributed by atoms with Crippen LogP contribution in [0.15, 0.2) is 42.7 Å². The van der Waals surface area contributed by atoms with Crippen molar-refractivity contribution >= 4 is 11.7 Å². The maximum atomic E-state index is 11.9. The molecule has 1 heterocycles. The van der Waals surface area contributed by atoms with E-state index in [0.29, 0.717) is 13.1 Å².